The van der Waals surface area contributed by atoms with Crippen LogP contribution in [0.1, 0.15) is 37.5 Å². The number of ether oxygens (including phenoxy) is 1. The molecule has 2 aromatic rings. The summed E-state index contributed by atoms with van der Waals surface area (Å²) in [4.78, 5) is 0. The summed E-state index contributed by atoms with van der Waals surface area (Å²) in [5.74, 6) is 1.34. The highest BCUT2D eigenvalue weighted by molar-refractivity contribution is 5.49. The molecule has 21 heavy (non-hydrogen) atoms. The Kier molecular flexibility index (Phi) is 4.30. The third-order valence-electron chi connectivity index (χ3n) is 3.32. The number of para-hydroxylation sites is 1. The molecule has 0 radical (unpaired) electrons. The lowest BCUT2D eigenvalue weighted by Crippen LogP contribution is -2.12. The molecule has 0 saturated heterocycles. The van der Waals surface area contributed by atoms with E-state index in [0.29, 0.717) is 17.9 Å². The van der Waals surface area contributed by atoms with Gasteiger partial charge in [0, 0.05) is 12.1 Å². The maximum absolute atomic E-state index is 9.27. The molecule has 2 rings (SSSR count). The molecular formula is C18H20N2O. The quantitative estimate of drug-likeness (QED) is 0.920. The highest BCUT2D eigenvalue weighted by atomic mass is 16.5. The molecule has 0 spiro atoms. The zero-order valence-electron chi connectivity index (χ0n) is 12.7. The SMILES string of the molecule is CC(C)(C)c1ccccc1Oc1ccc(CN)cc1C#N. The first-order valence-electron chi connectivity index (χ1n) is 6.96. The Balaban J connectivity index is 2.42. The highest BCUT2D eigenvalue weighted by Gasteiger charge is 2.19. The predicted molar refractivity (Wildman–Crippen MR) is 84.3 cm³/mol. The molecule has 0 amide bonds. The van der Waals surface area contributed by atoms with Gasteiger partial charge in [-0.25, -0.2) is 0 Å². The van der Waals surface area contributed by atoms with Crippen molar-refractivity contribution in [3.05, 3.63) is 59.2 Å². The van der Waals surface area contributed by atoms with Crippen LogP contribution < -0.4 is 10.5 Å². The molecular weight excluding hydrogens is 260 g/mol. The molecule has 0 aliphatic rings. The second kappa shape index (κ2) is 5.99. The predicted octanol–water partition coefficient (Wildman–Crippen LogP) is 4.11. The zero-order valence-corrected chi connectivity index (χ0v) is 12.7. The number of rotatable bonds is 3. The number of nitrogens with two attached hydrogens (primary N) is 1. The van der Waals surface area contributed by atoms with Crippen molar-refractivity contribution in [3.8, 4) is 17.6 Å². The maximum Gasteiger partial charge on any atom is 0.145 e. The Labute approximate surface area is 126 Å². The first kappa shape index (κ1) is 15.1. The van der Waals surface area contributed by atoms with Crippen LogP contribution in [0.15, 0.2) is 42.5 Å². The van der Waals surface area contributed by atoms with Crippen LogP contribution in [0.25, 0.3) is 0 Å². The minimum absolute atomic E-state index is 0.0272. The summed E-state index contributed by atoms with van der Waals surface area (Å²) in [5, 5.41) is 9.27. The third kappa shape index (κ3) is 3.42. The summed E-state index contributed by atoms with van der Waals surface area (Å²) in [6.07, 6.45) is 0. The molecule has 0 heterocycles. The lowest BCUT2D eigenvalue weighted by molar-refractivity contribution is 0.454. The second-order valence-electron chi connectivity index (χ2n) is 5.99. The van der Waals surface area contributed by atoms with E-state index in [9.17, 15) is 5.26 Å². The minimum Gasteiger partial charge on any atom is -0.456 e. The minimum atomic E-state index is -0.0272. The molecule has 0 aliphatic carbocycles. The summed E-state index contributed by atoms with van der Waals surface area (Å²) in [7, 11) is 0. The summed E-state index contributed by atoms with van der Waals surface area (Å²) in [6, 6.07) is 15.5. The van der Waals surface area contributed by atoms with E-state index in [1.54, 1.807) is 12.1 Å². The third-order valence-corrected chi connectivity index (χ3v) is 3.32. The average molecular weight is 280 g/mol. The normalized spacial score (nSPS) is 11.0. The number of nitrogens with zero attached hydrogens (tertiary/aromatic N) is 1. The van der Waals surface area contributed by atoms with Gasteiger partial charge in [0.2, 0.25) is 0 Å². The fourth-order valence-electron chi connectivity index (χ4n) is 2.17. The van der Waals surface area contributed by atoms with E-state index < -0.39 is 0 Å². The lowest BCUT2D eigenvalue weighted by atomic mass is 9.86. The van der Waals surface area contributed by atoms with Gasteiger partial charge in [-0.2, -0.15) is 5.26 Å². The first-order valence-corrected chi connectivity index (χ1v) is 6.96. The van der Waals surface area contributed by atoms with Gasteiger partial charge in [-0.05, 0) is 29.2 Å². The van der Waals surface area contributed by atoms with Gasteiger partial charge in [0.1, 0.15) is 17.6 Å². The van der Waals surface area contributed by atoms with Gasteiger partial charge in [0.15, 0.2) is 0 Å². The zero-order chi connectivity index (χ0) is 15.5. The summed E-state index contributed by atoms with van der Waals surface area (Å²) in [5.41, 5.74) is 8.11. The Bertz CT molecular complexity index is 678. The van der Waals surface area contributed by atoms with Crippen LogP contribution >= 0.6 is 0 Å². The molecule has 2 aromatic carbocycles. The van der Waals surface area contributed by atoms with E-state index in [4.69, 9.17) is 10.5 Å². The van der Waals surface area contributed by atoms with E-state index >= 15 is 0 Å². The Morgan fingerprint density at radius 2 is 1.81 bits per heavy atom. The topological polar surface area (TPSA) is 59.0 Å². The van der Waals surface area contributed by atoms with Gasteiger partial charge >= 0.3 is 0 Å². The molecule has 0 unspecified atom stereocenters. The lowest BCUT2D eigenvalue weighted by Gasteiger charge is -2.22. The van der Waals surface area contributed by atoms with Crippen molar-refractivity contribution in [2.45, 2.75) is 32.7 Å². The number of hydrogen-bond acceptors (Lipinski definition) is 3. The van der Waals surface area contributed by atoms with Crippen molar-refractivity contribution in [1.29, 1.82) is 5.26 Å². The molecule has 0 bridgehead atoms. The van der Waals surface area contributed by atoms with E-state index in [2.05, 4.69) is 32.9 Å². The van der Waals surface area contributed by atoms with Crippen LogP contribution in [0.3, 0.4) is 0 Å². The Hall–Kier alpha value is -2.31. The van der Waals surface area contributed by atoms with Crippen LogP contribution in [-0.4, -0.2) is 0 Å². The van der Waals surface area contributed by atoms with Crippen LogP contribution in [0.2, 0.25) is 0 Å². The van der Waals surface area contributed by atoms with Crippen LogP contribution in [0.5, 0.6) is 11.5 Å². The van der Waals surface area contributed by atoms with Crippen molar-refractivity contribution >= 4 is 0 Å². The van der Waals surface area contributed by atoms with E-state index in [1.807, 2.05) is 24.3 Å². The molecule has 2 N–H and O–H groups in total. The van der Waals surface area contributed by atoms with Gasteiger partial charge in [0.05, 0.1) is 5.56 Å². The molecule has 0 aliphatic heterocycles. The molecule has 3 nitrogen and oxygen atoms in total. The number of nitriles is 1. The van der Waals surface area contributed by atoms with Gasteiger partial charge in [0.25, 0.3) is 0 Å². The average Bonchev–Trinajstić information content (AvgIpc) is 2.47. The van der Waals surface area contributed by atoms with Crippen molar-refractivity contribution in [1.82, 2.24) is 0 Å². The van der Waals surface area contributed by atoms with Gasteiger partial charge in [-0.15, -0.1) is 0 Å². The smallest absolute Gasteiger partial charge is 0.145 e. The van der Waals surface area contributed by atoms with Gasteiger partial charge in [-0.3, -0.25) is 0 Å². The molecule has 0 saturated carbocycles. The molecule has 0 fully saturated rings. The Morgan fingerprint density at radius 3 is 2.43 bits per heavy atom. The molecule has 0 atom stereocenters. The summed E-state index contributed by atoms with van der Waals surface area (Å²) >= 11 is 0. The Morgan fingerprint density at radius 1 is 1.10 bits per heavy atom. The molecule has 3 heteroatoms. The fourth-order valence-corrected chi connectivity index (χ4v) is 2.17. The second-order valence-corrected chi connectivity index (χ2v) is 5.99. The number of hydrogen-bond donors (Lipinski definition) is 1. The first-order chi connectivity index (χ1) is 9.95. The summed E-state index contributed by atoms with van der Waals surface area (Å²) < 4.78 is 5.99. The number of benzene rings is 2. The maximum atomic E-state index is 9.27. The fraction of sp³-hybridized carbons (Fsp3) is 0.278. The highest BCUT2D eigenvalue weighted by Crippen LogP contribution is 2.35. The monoisotopic (exact) mass is 280 g/mol. The van der Waals surface area contributed by atoms with Crippen molar-refractivity contribution in [2.75, 3.05) is 0 Å². The van der Waals surface area contributed by atoms with E-state index in [-0.39, 0.29) is 5.41 Å². The summed E-state index contributed by atoms with van der Waals surface area (Å²) in [6.45, 7) is 6.82. The van der Waals surface area contributed by atoms with Crippen molar-refractivity contribution in [2.24, 2.45) is 5.73 Å². The van der Waals surface area contributed by atoms with Crippen LogP contribution in [-0.2, 0) is 12.0 Å². The van der Waals surface area contributed by atoms with Crippen LogP contribution in [0, 0.1) is 11.3 Å². The van der Waals surface area contributed by atoms with Crippen molar-refractivity contribution in [3.63, 3.8) is 0 Å². The van der Waals surface area contributed by atoms with Crippen molar-refractivity contribution < 1.29 is 4.74 Å². The molecule has 0 aromatic heterocycles. The molecule has 108 valence electrons. The van der Waals surface area contributed by atoms with Gasteiger partial charge in [-0.1, -0.05) is 45.0 Å². The van der Waals surface area contributed by atoms with E-state index in [1.165, 1.54) is 0 Å². The van der Waals surface area contributed by atoms with Gasteiger partial charge < -0.3 is 10.5 Å². The van der Waals surface area contributed by atoms with Crippen LogP contribution in [0.4, 0.5) is 0 Å². The standard InChI is InChI=1S/C18H20N2O/c1-18(2,3)15-6-4-5-7-17(15)21-16-9-8-13(11-19)10-14(16)12-20/h4-10H,11,19H2,1-3H3. The van der Waals surface area contributed by atoms with E-state index in [0.717, 1.165) is 16.9 Å². The largest absolute Gasteiger partial charge is 0.456 e.